The summed E-state index contributed by atoms with van der Waals surface area (Å²) in [5, 5.41) is 0. The molecule has 2 aromatic carbocycles. The standard InChI is InChI=1S/C16H16NO/c17-16(18)12-11-15(13-7-3-1-4-8-13)14-9-5-2-6-10-14/h1-10,12,15H,11H2,(H2,17,18). The Kier molecular flexibility index (Phi) is 4.13. The molecule has 0 heterocycles. The van der Waals surface area contributed by atoms with Crippen LogP contribution < -0.4 is 5.73 Å². The molecule has 1 amide bonds. The molecule has 0 saturated carbocycles. The van der Waals surface area contributed by atoms with Crippen LogP contribution in [-0.2, 0) is 4.79 Å². The van der Waals surface area contributed by atoms with Crippen LogP contribution in [0.15, 0.2) is 60.7 Å². The molecule has 0 aromatic heterocycles. The summed E-state index contributed by atoms with van der Waals surface area (Å²) < 4.78 is 0. The van der Waals surface area contributed by atoms with Crippen LogP contribution in [-0.4, -0.2) is 5.91 Å². The largest absolute Gasteiger partial charge is 0.369 e. The second-order valence-electron chi connectivity index (χ2n) is 4.22. The van der Waals surface area contributed by atoms with E-state index in [4.69, 9.17) is 5.73 Å². The lowest BCUT2D eigenvalue weighted by Crippen LogP contribution is -2.13. The molecule has 0 spiro atoms. The third kappa shape index (κ3) is 3.20. The summed E-state index contributed by atoms with van der Waals surface area (Å²) in [5.41, 5.74) is 7.59. The third-order valence-electron chi connectivity index (χ3n) is 2.96. The van der Waals surface area contributed by atoms with E-state index < -0.39 is 0 Å². The number of carbonyl (C=O) groups is 1. The van der Waals surface area contributed by atoms with Gasteiger partial charge in [0.2, 0.25) is 5.91 Å². The number of amides is 1. The minimum absolute atomic E-state index is 0.180. The van der Waals surface area contributed by atoms with Gasteiger partial charge in [-0.05, 0) is 17.5 Å². The fourth-order valence-corrected chi connectivity index (χ4v) is 2.07. The topological polar surface area (TPSA) is 43.1 Å². The van der Waals surface area contributed by atoms with Gasteiger partial charge in [-0.1, -0.05) is 60.7 Å². The molecule has 2 aromatic rings. The number of hydrogen-bond acceptors (Lipinski definition) is 1. The highest BCUT2D eigenvalue weighted by atomic mass is 16.1. The first-order valence-electron chi connectivity index (χ1n) is 6.00. The summed E-state index contributed by atoms with van der Waals surface area (Å²) in [6.45, 7) is 0. The average molecular weight is 238 g/mol. The molecule has 2 rings (SSSR count). The minimum atomic E-state index is -0.369. The van der Waals surface area contributed by atoms with Crippen LogP contribution in [0.25, 0.3) is 0 Å². The monoisotopic (exact) mass is 238 g/mol. The van der Waals surface area contributed by atoms with Crippen molar-refractivity contribution in [3.05, 3.63) is 78.2 Å². The predicted molar refractivity (Wildman–Crippen MR) is 72.8 cm³/mol. The summed E-state index contributed by atoms with van der Waals surface area (Å²) in [5.74, 6) is -0.188. The molecule has 0 aliphatic carbocycles. The van der Waals surface area contributed by atoms with Crippen LogP contribution in [0.2, 0.25) is 0 Å². The van der Waals surface area contributed by atoms with Gasteiger partial charge >= 0.3 is 0 Å². The Bertz CT molecular complexity index is 454. The van der Waals surface area contributed by atoms with Crippen molar-refractivity contribution in [3.63, 3.8) is 0 Å². The summed E-state index contributed by atoms with van der Waals surface area (Å²) >= 11 is 0. The van der Waals surface area contributed by atoms with Gasteiger partial charge in [0.1, 0.15) is 0 Å². The zero-order chi connectivity index (χ0) is 12.8. The lowest BCUT2D eigenvalue weighted by molar-refractivity contribution is -0.115. The van der Waals surface area contributed by atoms with E-state index in [9.17, 15) is 4.79 Å². The maximum atomic E-state index is 10.9. The molecule has 18 heavy (non-hydrogen) atoms. The van der Waals surface area contributed by atoms with E-state index in [0.29, 0.717) is 6.42 Å². The Morgan fingerprint density at radius 3 is 1.78 bits per heavy atom. The third-order valence-corrected chi connectivity index (χ3v) is 2.96. The summed E-state index contributed by atoms with van der Waals surface area (Å²) in [6, 6.07) is 20.3. The van der Waals surface area contributed by atoms with E-state index in [1.807, 2.05) is 36.4 Å². The molecule has 0 aliphatic rings. The smallest absolute Gasteiger partial charge is 0.221 e. The van der Waals surface area contributed by atoms with Gasteiger partial charge in [0.15, 0.2) is 0 Å². The molecule has 0 aliphatic heterocycles. The van der Waals surface area contributed by atoms with Crippen LogP contribution in [0, 0.1) is 6.42 Å². The number of benzene rings is 2. The molecule has 0 atom stereocenters. The Morgan fingerprint density at radius 2 is 1.39 bits per heavy atom. The summed E-state index contributed by atoms with van der Waals surface area (Å²) in [6.07, 6.45) is 2.17. The van der Waals surface area contributed by atoms with Gasteiger partial charge < -0.3 is 5.73 Å². The highest BCUT2D eigenvalue weighted by Crippen LogP contribution is 2.28. The maximum Gasteiger partial charge on any atom is 0.221 e. The molecule has 0 bridgehead atoms. The highest BCUT2D eigenvalue weighted by molar-refractivity contribution is 5.82. The molecule has 2 heteroatoms. The quantitative estimate of drug-likeness (QED) is 0.855. The second-order valence-corrected chi connectivity index (χ2v) is 4.22. The number of hydrogen-bond donors (Lipinski definition) is 1. The minimum Gasteiger partial charge on any atom is -0.369 e. The fraction of sp³-hybridized carbons (Fsp3) is 0.125. The van der Waals surface area contributed by atoms with Gasteiger partial charge in [0.05, 0.1) is 6.42 Å². The number of nitrogens with two attached hydrogens (primary N) is 1. The van der Waals surface area contributed by atoms with Crippen LogP contribution in [0.1, 0.15) is 23.5 Å². The van der Waals surface area contributed by atoms with Crippen molar-refractivity contribution in [1.29, 1.82) is 0 Å². The van der Waals surface area contributed by atoms with E-state index in [-0.39, 0.29) is 11.8 Å². The summed E-state index contributed by atoms with van der Waals surface area (Å²) in [7, 11) is 0. The molecular weight excluding hydrogens is 222 g/mol. The first-order chi connectivity index (χ1) is 8.77. The van der Waals surface area contributed by atoms with Crippen molar-refractivity contribution >= 4 is 5.91 Å². The van der Waals surface area contributed by atoms with Gasteiger partial charge in [-0.25, -0.2) is 0 Å². The SMILES string of the molecule is NC(=O)[CH]CC(c1ccccc1)c1ccccc1. The molecule has 91 valence electrons. The van der Waals surface area contributed by atoms with E-state index in [1.165, 1.54) is 11.1 Å². The predicted octanol–water partition coefficient (Wildman–Crippen LogP) is 2.90. The van der Waals surface area contributed by atoms with Gasteiger partial charge in [0, 0.05) is 5.92 Å². The lowest BCUT2D eigenvalue weighted by atomic mass is 9.87. The van der Waals surface area contributed by atoms with Crippen molar-refractivity contribution in [2.75, 3.05) is 0 Å². The zero-order valence-electron chi connectivity index (χ0n) is 10.1. The first kappa shape index (κ1) is 12.4. The van der Waals surface area contributed by atoms with Crippen molar-refractivity contribution in [3.8, 4) is 0 Å². The second kappa shape index (κ2) is 6.01. The Balaban J connectivity index is 2.26. The normalized spacial score (nSPS) is 10.5. The van der Waals surface area contributed by atoms with Crippen LogP contribution in [0.5, 0.6) is 0 Å². The van der Waals surface area contributed by atoms with Gasteiger partial charge in [0.25, 0.3) is 0 Å². The van der Waals surface area contributed by atoms with Crippen LogP contribution in [0.3, 0.4) is 0 Å². The molecule has 2 N–H and O–H groups in total. The number of rotatable bonds is 5. The number of carbonyl (C=O) groups excluding carboxylic acids is 1. The fourth-order valence-electron chi connectivity index (χ4n) is 2.07. The van der Waals surface area contributed by atoms with E-state index in [0.717, 1.165) is 0 Å². The van der Waals surface area contributed by atoms with Crippen molar-refractivity contribution < 1.29 is 4.79 Å². The molecule has 0 fully saturated rings. The van der Waals surface area contributed by atoms with Gasteiger partial charge in [-0.2, -0.15) is 0 Å². The van der Waals surface area contributed by atoms with E-state index >= 15 is 0 Å². The average Bonchev–Trinajstić information content (AvgIpc) is 2.41. The maximum absolute atomic E-state index is 10.9. The van der Waals surface area contributed by atoms with Crippen molar-refractivity contribution in [2.24, 2.45) is 5.73 Å². The molecule has 0 saturated heterocycles. The number of primary amides is 1. The molecule has 2 nitrogen and oxygen atoms in total. The highest BCUT2D eigenvalue weighted by Gasteiger charge is 2.14. The first-order valence-corrected chi connectivity index (χ1v) is 6.00. The molecule has 0 unspecified atom stereocenters. The summed E-state index contributed by atoms with van der Waals surface area (Å²) in [4.78, 5) is 10.9. The van der Waals surface area contributed by atoms with Gasteiger partial charge in [-0.3, -0.25) is 4.79 Å². The van der Waals surface area contributed by atoms with Crippen LogP contribution >= 0.6 is 0 Å². The van der Waals surface area contributed by atoms with Crippen molar-refractivity contribution in [1.82, 2.24) is 0 Å². The Morgan fingerprint density at radius 1 is 0.944 bits per heavy atom. The van der Waals surface area contributed by atoms with E-state index in [2.05, 4.69) is 24.3 Å². The van der Waals surface area contributed by atoms with Gasteiger partial charge in [-0.15, -0.1) is 0 Å². The van der Waals surface area contributed by atoms with E-state index in [1.54, 1.807) is 6.42 Å². The van der Waals surface area contributed by atoms with Crippen molar-refractivity contribution in [2.45, 2.75) is 12.3 Å². The lowest BCUT2D eigenvalue weighted by Gasteiger charge is -2.17. The molecular formula is C16H16NO. The zero-order valence-corrected chi connectivity index (χ0v) is 10.1. The Hall–Kier alpha value is -2.09. The molecule has 1 radical (unpaired) electrons. The van der Waals surface area contributed by atoms with Crippen LogP contribution in [0.4, 0.5) is 0 Å². The Labute approximate surface area is 107 Å².